The van der Waals surface area contributed by atoms with Crippen molar-refractivity contribution in [3.8, 4) is 5.75 Å². The SMILES string of the molecule is CN(C)C[C@@H]1Cc2ccccc2[C@H]1Oc1ccc(S(C)(=O)=O)cc1. The molecule has 24 heavy (non-hydrogen) atoms. The summed E-state index contributed by atoms with van der Waals surface area (Å²) in [6, 6.07) is 15.1. The topological polar surface area (TPSA) is 46.6 Å². The van der Waals surface area contributed by atoms with Gasteiger partial charge in [0.05, 0.1) is 4.90 Å². The van der Waals surface area contributed by atoms with E-state index < -0.39 is 9.84 Å². The highest BCUT2D eigenvalue weighted by molar-refractivity contribution is 7.90. The smallest absolute Gasteiger partial charge is 0.175 e. The predicted octanol–water partition coefficient (Wildman–Crippen LogP) is 2.94. The molecule has 0 aliphatic heterocycles. The summed E-state index contributed by atoms with van der Waals surface area (Å²) < 4.78 is 29.4. The number of nitrogens with zero attached hydrogens (tertiary/aromatic N) is 1. The molecule has 3 rings (SSSR count). The van der Waals surface area contributed by atoms with Crippen LogP contribution >= 0.6 is 0 Å². The van der Waals surface area contributed by atoms with E-state index in [4.69, 9.17) is 4.74 Å². The fraction of sp³-hybridized carbons (Fsp3) is 0.368. The van der Waals surface area contributed by atoms with E-state index in [9.17, 15) is 8.42 Å². The maximum absolute atomic E-state index is 11.6. The molecule has 0 saturated carbocycles. The summed E-state index contributed by atoms with van der Waals surface area (Å²) in [5.74, 6) is 1.08. The average molecular weight is 345 g/mol. The van der Waals surface area contributed by atoms with Gasteiger partial charge in [0, 0.05) is 18.7 Å². The maximum atomic E-state index is 11.6. The molecule has 0 radical (unpaired) electrons. The molecule has 5 heteroatoms. The molecule has 0 aromatic heterocycles. The lowest BCUT2D eigenvalue weighted by Crippen LogP contribution is -2.27. The third-order valence-corrected chi connectivity index (χ3v) is 5.51. The summed E-state index contributed by atoms with van der Waals surface area (Å²) in [5.41, 5.74) is 2.57. The second-order valence-corrected chi connectivity index (χ2v) is 8.72. The minimum atomic E-state index is -3.18. The first kappa shape index (κ1) is 17.0. The minimum Gasteiger partial charge on any atom is -0.485 e. The zero-order valence-electron chi connectivity index (χ0n) is 14.3. The molecule has 4 nitrogen and oxygen atoms in total. The van der Waals surface area contributed by atoms with E-state index in [-0.39, 0.29) is 6.10 Å². The predicted molar refractivity (Wildman–Crippen MR) is 95.1 cm³/mol. The van der Waals surface area contributed by atoms with Crippen LogP contribution in [-0.4, -0.2) is 40.2 Å². The fourth-order valence-corrected chi connectivity index (χ4v) is 3.97. The third-order valence-electron chi connectivity index (χ3n) is 4.39. The molecule has 1 aliphatic rings. The van der Waals surface area contributed by atoms with Gasteiger partial charge in [-0.3, -0.25) is 0 Å². The second kappa shape index (κ2) is 6.57. The quantitative estimate of drug-likeness (QED) is 0.836. The van der Waals surface area contributed by atoms with E-state index >= 15 is 0 Å². The van der Waals surface area contributed by atoms with Crippen molar-refractivity contribution in [3.05, 3.63) is 59.7 Å². The van der Waals surface area contributed by atoms with Crippen LogP contribution in [0.1, 0.15) is 17.2 Å². The van der Waals surface area contributed by atoms with Crippen LogP contribution in [-0.2, 0) is 16.3 Å². The summed E-state index contributed by atoms with van der Waals surface area (Å²) in [7, 11) is 0.956. The molecule has 0 unspecified atom stereocenters. The molecule has 0 bridgehead atoms. The van der Waals surface area contributed by atoms with E-state index in [0.29, 0.717) is 16.6 Å². The van der Waals surface area contributed by atoms with Crippen molar-refractivity contribution in [1.29, 1.82) is 0 Å². The Balaban J connectivity index is 1.85. The van der Waals surface area contributed by atoms with E-state index in [0.717, 1.165) is 13.0 Å². The third kappa shape index (κ3) is 3.62. The highest BCUT2D eigenvalue weighted by atomic mass is 32.2. The number of ether oxygens (including phenoxy) is 1. The normalized spacial score (nSPS) is 20.2. The highest BCUT2D eigenvalue weighted by Gasteiger charge is 2.34. The van der Waals surface area contributed by atoms with Crippen molar-refractivity contribution < 1.29 is 13.2 Å². The first-order chi connectivity index (χ1) is 11.3. The molecule has 0 fully saturated rings. The summed E-state index contributed by atoms with van der Waals surface area (Å²) in [5, 5.41) is 0. The minimum absolute atomic E-state index is 0.00677. The molecule has 2 aromatic carbocycles. The van der Waals surface area contributed by atoms with Crippen LogP contribution in [0.25, 0.3) is 0 Å². The van der Waals surface area contributed by atoms with Gasteiger partial charge in [-0.15, -0.1) is 0 Å². The molecule has 0 spiro atoms. The first-order valence-electron chi connectivity index (χ1n) is 8.04. The van der Waals surface area contributed by atoms with Crippen LogP contribution in [0.3, 0.4) is 0 Å². The molecule has 128 valence electrons. The van der Waals surface area contributed by atoms with Crippen molar-refractivity contribution in [3.63, 3.8) is 0 Å². The van der Waals surface area contributed by atoms with Crippen LogP contribution in [0, 0.1) is 5.92 Å². The van der Waals surface area contributed by atoms with Gasteiger partial charge in [-0.1, -0.05) is 24.3 Å². The molecule has 0 N–H and O–H groups in total. The number of benzene rings is 2. The summed E-state index contributed by atoms with van der Waals surface area (Å²) in [4.78, 5) is 2.49. The Morgan fingerprint density at radius 3 is 2.38 bits per heavy atom. The van der Waals surface area contributed by atoms with Gasteiger partial charge in [0.2, 0.25) is 0 Å². The lowest BCUT2D eigenvalue weighted by molar-refractivity contribution is 0.128. The number of hydrogen-bond donors (Lipinski definition) is 0. The zero-order valence-corrected chi connectivity index (χ0v) is 15.1. The molecular formula is C19H23NO3S. The van der Waals surface area contributed by atoms with Crippen LogP contribution in [0.2, 0.25) is 0 Å². The molecule has 0 saturated heterocycles. The van der Waals surface area contributed by atoms with Crippen LogP contribution in [0.5, 0.6) is 5.75 Å². The second-order valence-electron chi connectivity index (χ2n) is 6.71. The Hall–Kier alpha value is -1.85. The maximum Gasteiger partial charge on any atom is 0.175 e. The molecule has 2 aromatic rings. The van der Waals surface area contributed by atoms with Crippen LogP contribution < -0.4 is 4.74 Å². The van der Waals surface area contributed by atoms with E-state index in [2.05, 4.69) is 37.2 Å². The monoisotopic (exact) mass is 345 g/mol. The van der Waals surface area contributed by atoms with Gasteiger partial charge >= 0.3 is 0 Å². The highest BCUT2D eigenvalue weighted by Crippen LogP contribution is 2.39. The van der Waals surface area contributed by atoms with Gasteiger partial charge in [0.25, 0.3) is 0 Å². The first-order valence-corrected chi connectivity index (χ1v) is 9.93. The summed E-state index contributed by atoms with van der Waals surface area (Å²) >= 11 is 0. The van der Waals surface area contributed by atoms with Crippen molar-refractivity contribution in [1.82, 2.24) is 4.90 Å². The lowest BCUT2D eigenvalue weighted by Gasteiger charge is -2.25. The number of sulfone groups is 1. The molecule has 0 amide bonds. The Morgan fingerprint density at radius 2 is 1.75 bits per heavy atom. The van der Waals surface area contributed by atoms with Gasteiger partial charge in [-0.25, -0.2) is 8.42 Å². The van der Waals surface area contributed by atoms with Crippen molar-refractivity contribution in [2.45, 2.75) is 17.4 Å². The van der Waals surface area contributed by atoms with Gasteiger partial charge in [0.15, 0.2) is 9.84 Å². The van der Waals surface area contributed by atoms with E-state index in [1.807, 2.05) is 6.07 Å². The molecule has 1 aliphatic carbocycles. The Labute approximate surface area is 144 Å². The largest absolute Gasteiger partial charge is 0.485 e. The molecular weight excluding hydrogens is 322 g/mol. The Bertz CT molecular complexity index is 813. The zero-order chi connectivity index (χ0) is 17.3. The van der Waals surface area contributed by atoms with Crippen molar-refractivity contribution >= 4 is 9.84 Å². The average Bonchev–Trinajstić information content (AvgIpc) is 2.84. The number of fused-ring (bicyclic) bond motifs is 1. The summed E-state index contributed by atoms with van der Waals surface area (Å²) in [6.07, 6.45) is 2.21. The number of hydrogen-bond acceptors (Lipinski definition) is 4. The standard InChI is InChI=1S/C19H23NO3S/c1-20(2)13-15-12-14-6-4-5-7-18(14)19(15)23-16-8-10-17(11-9-16)24(3,21)22/h4-11,15,19H,12-13H2,1-3H3/t15-,19-/m0/s1. The molecule has 0 heterocycles. The van der Waals surface area contributed by atoms with Gasteiger partial charge in [-0.2, -0.15) is 0 Å². The number of rotatable bonds is 5. The Morgan fingerprint density at radius 1 is 1.08 bits per heavy atom. The van der Waals surface area contributed by atoms with Gasteiger partial charge in [-0.05, 0) is 55.9 Å². The van der Waals surface area contributed by atoms with Crippen molar-refractivity contribution in [2.24, 2.45) is 5.92 Å². The fourth-order valence-electron chi connectivity index (χ4n) is 3.34. The lowest BCUT2D eigenvalue weighted by atomic mass is 10.0. The van der Waals surface area contributed by atoms with E-state index in [1.54, 1.807) is 24.3 Å². The summed E-state index contributed by atoms with van der Waals surface area (Å²) in [6.45, 7) is 0.945. The van der Waals surface area contributed by atoms with E-state index in [1.165, 1.54) is 17.4 Å². The molecule has 2 atom stereocenters. The van der Waals surface area contributed by atoms with Gasteiger partial charge < -0.3 is 9.64 Å². The van der Waals surface area contributed by atoms with Crippen LogP contribution in [0.15, 0.2) is 53.4 Å². The van der Waals surface area contributed by atoms with Gasteiger partial charge in [0.1, 0.15) is 11.9 Å². The van der Waals surface area contributed by atoms with Crippen molar-refractivity contribution in [2.75, 3.05) is 26.9 Å². The Kier molecular flexibility index (Phi) is 4.65. The van der Waals surface area contributed by atoms with Crippen LogP contribution in [0.4, 0.5) is 0 Å².